The Labute approximate surface area is 138 Å². The zero-order valence-corrected chi connectivity index (χ0v) is 14.0. The lowest BCUT2D eigenvalue weighted by Gasteiger charge is -2.27. The number of carbonyl (C=O) groups excluding carboxylic acids is 1. The van der Waals surface area contributed by atoms with Gasteiger partial charge >= 0.3 is 0 Å². The lowest BCUT2D eigenvalue weighted by atomic mass is 10.00. The normalized spacial score (nSPS) is 15.4. The smallest absolute Gasteiger partial charge is 0.252 e. The van der Waals surface area contributed by atoms with Gasteiger partial charge in [0.2, 0.25) is 0 Å². The van der Waals surface area contributed by atoms with Gasteiger partial charge in [-0.3, -0.25) is 4.79 Å². The highest BCUT2D eigenvalue weighted by molar-refractivity contribution is 9.10. The number of rotatable bonds is 4. The lowest BCUT2D eigenvalue weighted by molar-refractivity contribution is 0.000170. The second kappa shape index (κ2) is 6.23. The highest BCUT2D eigenvalue weighted by Gasteiger charge is 2.37. The number of amides is 1. The van der Waals surface area contributed by atoms with Crippen LogP contribution in [0.1, 0.15) is 21.5 Å². The molecule has 2 aromatic rings. The molecule has 3 rings (SSSR count). The van der Waals surface area contributed by atoms with E-state index in [4.69, 9.17) is 4.74 Å². The summed E-state index contributed by atoms with van der Waals surface area (Å²) in [5.74, 6) is -0.0835. The first-order valence-corrected chi connectivity index (χ1v) is 8.07. The summed E-state index contributed by atoms with van der Waals surface area (Å²) in [5.41, 5.74) is 2.91. The standard InChI is InChI=1S/C18H18BrNO2/c1-22-18(10-13-6-2-3-7-14(13)11-18)12-20-17(21)15-8-4-5-9-16(15)19/h2-9H,10-12H2,1H3,(H,20,21). The molecule has 1 amide bonds. The van der Waals surface area contributed by atoms with Crippen LogP contribution in [0.4, 0.5) is 0 Å². The Balaban J connectivity index is 1.71. The van der Waals surface area contributed by atoms with E-state index in [9.17, 15) is 4.79 Å². The van der Waals surface area contributed by atoms with E-state index in [-0.39, 0.29) is 11.5 Å². The van der Waals surface area contributed by atoms with E-state index in [0.717, 1.165) is 17.3 Å². The molecule has 0 spiro atoms. The summed E-state index contributed by atoms with van der Waals surface area (Å²) in [5, 5.41) is 3.01. The quantitative estimate of drug-likeness (QED) is 0.908. The van der Waals surface area contributed by atoms with Gasteiger partial charge in [0.25, 0.3) is 5.91 Å². The molecule has 2 aromatic carbocycles. The van der Waals surface area contributed by atoms with Crippen molar-refractivity contribution in [3.05, 3.63) is 69.7 Å². The molecule has 0 aliphatic heterocycles. The number of fused-ring (bicyclic) bond motifs is 1. The van der Waals surface area contributed by atoms with Crippen LogP contribution in [0, 0.1) is 0 Å². The minimum absolute atomic E-state index is 0.0835. The summed E-state index contributed by atoms with van der Waals surface area (Å²) in [6.07, 6.45) is 1.66. The molecular formula is C18H18BrNO2. The fourth-order valence-electron chi connectivity index (χ4n) is 2.98. The molecule has 0 radical (unpaired) electrons. The van der Waals surface area contributed by atoms with Crippen LogP contribution in [-0.2, 0) is 17.6 Å². The van der Waals surface area contributed by atoms with Gasteiger partial charge in [-0.2, -0.15) is 0 Å². The highest BCUT2D eigenvalue weighted by Crippen LogP contribution is 2.32. The number of carbonyl (C=O) groups is 1. The number of methoxy groups -OCH3 is 1. The fraction of sp³-hybridized carbons (Fsp3) is 0.278. The molecule has 22 heavy (non-hydrogen) atoms. The summed E-state index contributed by atoms with van der Waals surface area (Å²) in [6.45, 7) is 0.498. The van der Waals surface area contributed by atoms with E-state index in [1.165, 1.54) is 11.1 Å². The van der Waals surface area contributed by atoms with Crippen LogP contribution < -0.4 is 5.32 Å². The van der Waals surface area contributed by atoms with Crippen molar-refractivity contribution in [3.63, 3.8) is 0 Å². The Kier molecular flexibility index (Phi) is 4.32. The number of nitrogens with one attached hydrogen (secondary N) is 1. The molecule has 3 nitrogen and oxygen atoms in total. The van der Waals surface area contributed by atoms with Gasteiger partial charge < -0.3 is 10.1 Å². The lowest BCUT2D eigenvalue weighted by Crippen LogP contribution is -2.45. The molecule has 1 N–H and O–H groups in total. The van der Waals surface area contributed by atoms with Gasteiger partial charge in [0, 0.05) is 31.0 Å². The van der Waals surface area contributed by atoms with Gasteiger partial charge in [-0.05, 0) is 39.2 Å². The van der Waals surface area contributed by atoms with E-state index in [1.807, 2.05) is 36.4 Å². The highest BCUT2D eigenvalue weighted by atomic mass is 79.9. The third-order valence-corrected chi connectivity index (χ3v) is 4.96. The number of hydrogen-bond donors (Lipinski definition) is 1. The monoisotopic (exact) mass is 359 g/mol. The first-order chi connectivity index (χ1) is 10.6. The third-order valence-electron chi connectivity index (χ3n) is 4.27. The van der Waals surface area contributed by atoms with Crippen molar-refractivity contribution < 1.29 is 9.53 Å². The summed E-state index contributed by atoms with van der Waals surface area (Å²) in [4.78, 5) is 12.4. The molecular weight excluding hydrogens is 342 g/mol. The van der Waals surface area contributed by atoms with Crippen LogP contribution in [0.5, 0.6) is 0 Å². The number of benzene rings is 2. The van der Waals surface area contributed by atoms with Crippen LogP contribution in [-0.4, -0.2) is 25.2 Å². The number of halogens is 1. The predicted octanol–water partition coefficient (Wildman–Crippen LogP) is 3.36. The van der Waals surface area contributed by atoms with E-state index in [1.54, 1.807) is 7.11 Å². The van der Waals surface area contributed by atoms with Crippen LogP contribution in [0.15, 0.2) is 53.0 Å². The molecule has 0 unspecified atom stereocenters. The van der Waals surface area contributed by atoms with Crippen LogP contribution >= 0.6 is 15.9 Å². The predicted molar refractivity (Wildman–Crippen MR) is 90.1 cm³/mol. The Morgan fingerprint density at radius 2 is 1.73 bits per heavy atom. The zero-order valence-electron chi connectivity index (χ0n) is 12.4. The van der Waals surface area contributed by atoms with Crippen molar-refractivity contribution in [3.8, 4) is 0 Å². The van der Waals surface area contributed by atoms with Crippen molar-refractivity contribution in [2.75, 3.05) is 13.7 Å². The second-order valence-electron chi connectivity index (χ2n) is 5.67. The maximum absolute atomic E-state index is 12.4. The minimum Gasteiger partial charge on any atom is -0.376 e. The van der Waals surface area contributed by atoms with Crippen molar-refractivity contribution >= 4 is 21.8 Å². The van der Waals surface area contributed by atoms with Gasteiger partial charge in [-0.1, -0.05) is 36.4 Å². The molecule has 114 valence electrons. The summed E-state index contributed by atoms with van der Waals surface area (Å²) in [7, 11) is 1.72. The fourth-order valence-corrected chi connectivity index (χ4v) is 3.45. The van der Waals surface area contributed by atoms with E-state index >= 15 is 0 Å². The molecule has 0 heterocycles. The Bertz CT molecular complexity index is 674. The van der Waals surface area contributed by atoms with Crippen molar-refractivity contribution in [2.45, 2.75) is 18.4 Å². The Morgan fingerprint density at radius 3 is 2.32 bits per heavy atom. The average Bonchev–Trinajstić information content (AvgIpc) is 2.92. The molecule has 1 aliphatic carbocycles. The Hall–Kier alpha value is -1.65. The first kappa shape index (κ1) is 15.3. The van der Waals surface area contributed by atoms with Gasteiger partial charge in [-0.25, -0.2) is 0 Å². The first-order valence-electron chi connectivity index (χ1n) is 7.28. The molecule has 0 atom stereocenters. The van der Waals surface area contributed by atoms with Crippen molar-refractivity contribution in [2.24, 2.45) is 0 Å². The molecule has 4 heteroatoms. The molecule has 0 fully saturated rings. The molecule has 1 aliphatic rings. The summed E-state index contributed by atoms with van der Waals surface area (Å²) >= 11 is 3.41. The van der Waals surface area contributed by atoms with Gasteiger partial charge in [0.15, 0.2) is 0 Å². The van der Waals surface area contributed by atoms with E-state index in [0.29, 0.717) is 12.1 Å². The molecule has 0 saturated carbocycles. The SMILES string of the molecule is COC1(CNC(=O)c2ccccc2Br)Cc2ccccc2C1. The van der Waals surface area contributed by atoms with Crippen LogP contribution in [0.3, 0.4) is 0 Å². The average molecular weight is 360 g/mol. The van der Waals surface area contributed by atoms with Crippen molar-refractivity contribution in [1.29, 1.82) is 0 Å². The zero-order chi connectivity index (χ0) is 15.6. The van der Waals surface area contributed by atoms with E-state index in [2.05, 4.69) is 33.4 Å². The minimum atomic E-state index is -0.347. The summed E-state index contributed by atoms with van der Waals surface area (Å²) < 4.78 is 6.57. The maximum atomic E-state index is 12.4. The second-order valence-corrected chi connectivity index (χ2v) is 6.53. The largest absolute Gasteiger partial charge is 0.376 e. The topological polar surface area (TPSA) is 38.3 Å². The van der Waals surface area contributed by atoms with Gasteiger partial charge in [0.05, 0.1) is 11.2 Å². The number of hydrogen-bond acceptors (Lipinski definition) is 2. The number of ether oxygens (including phenoxy) is 1. The van der Waals surface area contributed by atoms with Gasteiger partial charge in [0.1, 0.15) is 0 Å². The van der Waals surface area contributed by atoms with Crippen LogP contribution in [0.25, 0.3) is 0 Å². The molecule has 0 aromatic heterocycles. The molecule has 0 bridgehead atoms. The maximum Gasteiger partial charge on any atom is 0.252 e. The van der Waals surface area contributed by atoms with E-state index < -0.39 is 0 Å². The van der Waals surface area contributed by atoms with Crippen molar-refractivity contribution in [1.82, 2.24) is 5.32 Å². The molecule has 0 saturated heterocycles. The van der Waals surface area contributed by atoms with Crippen LogP contribution in [0.2, 0.25) is 0 Å². The Morgan fingerprint density at radius 1 is 1.14 bits per heavy atom. The summed E-state index contributed by atoms with van der Waals surface area (Å²) in [6, 6.07) is 15.8. The van der Waals surface area contributed by atoms with Gasteiger partial charge in [-0.15, -0.1) is 0 Å². The third kappa shape index (κ3) is 2.94.